The summed E-state index contributed by atoms with van der Waals surface area (Å²) in [6, 6.07) is 1.84. The molecule has 0 aliphatic carbocycles. The quantitative estimate of drug-likeness (QED) is 0.828. The van der Waals surface area contributed by atoms with E-state index >= 15 is 0 Å². The molecular formula is C11H16N6. The van der Waals surface area contributed by atoms with Crippen molar-refractivity contribution in [2.75, 3.05) is 18.1 Å². The van der Waals surface area contributed by atoms with E-state index in [4.69, 9.17) is 5.73 Å². The van der Waals surface area contributed by atoms with Crippen LogP contribution in [0.2, 0.25) is 0 Å². The number of anilines is 2. The fourth-order valence-corrected chi connectivity index (χ4v) is 1.66. The van der Waals surface area contributed by atoms with E-state index < -0.39 is 0 Å². The van der Waals surface area contributed by atoms with Crippen LogP contribution in [0.4, 0.5) is 11.8 Å². The zero-order valence-electron chi connectivity index (χ0n) is 10.0. The smallest absolute Gasteiger partial charge is 0.223 e. The molecule has 90 valence electrons. The van der Waals surface area contributed by atoms with Crippen molar-refractivity contribution in [1.82, 2.24) is 19.5 Å². The van der Waals surface area contributed by atoms with Crippen molar-refractivity contribution in [2.24, 2.45) is 0 Å². The molecular weight excluding hydrogens is 216 g/mol. The molecule has 0 radical (unpaired) electrons. The summed E-state index contributed by atoms with van der Waals surface area (Å²) in [4.78, 5) is 12.6. The Morgan fingerprint density at radius 3 is 2.94 bits per heavy atom. The first-order chi connectivity index (χ1) is 8.24. The molecule has 0 fully saturated rings. The summed E-state index contributed by atoms with van der Waals surface area (Å²) in [7, 11) is 1.80. The first kappa shape index (κ1) is 11.4. The lowest BCUT2D eigenvalue weighted by Crippen LogP contribution is -2.07. The van der Waals surface area contributed by atoms with Crippen molar-refractivity contribution < 1.29 is 0 Å². The van der Waals surface area contributed by atoms with Crippen LogP contribution in [0, 0.1) is 0 Å². The lowest BCUT2D eigenvalue weighted by molar-refractivity contribution is 0.797. The average Bonchev–Trinajstić information content (AvgIpc) is 2.77. The fraction of sp³-hybridized carbons (Fsp3) is 0.364. The van der Waals surface area contributed by atoms with Crippen LogP contribution >= 0.6 is 0 Å². The van der Waals surface area contributed by atoms with E-state index in [9.17, 15) is 0 Å². The third kappa shape index (κ3) is 2.35. The van der Waals surface area contributed by atoms with Gasteiger partial charge in [0.25, 0.3) is 0 Å². The summed E-state index contributed by atoms with van der Waals surface area (Å²) in [6.07, 6.45) is 5.59. The standard InChI is InChI=1S/C11H16N6/c1-3-4-9-14-5-6-17(9)10-7-8(13-2)15-11(12)16-10/h5-7H,3-4H2,1-2H3,(H3,12,13,15,16). The van der Waals surface area contributed by atoms with Crippen LogP contribution in [0.25, 0.3) is 5.82 Å². The Hall–Kier alpha value is -2.11. The Balaban J connectivity index is 2.44. The van der Waals surface area contributed by atoms with Gasteiger partial charge >= 0.3 is 0 Å². The van der Waals surface area contributed by atoms with Gasteiger partial charge in [0.15, 0.2) is 0 Å². The van der Waals surface area contributed by atoms with E-state index in [1.54, 1.807) is 13.2 Å². The van der Waals surface area contributed by atoms with Gasteiger partial charge in [0, 0.05) is 31.9 Å². The third-order valence-corrected chi connectivity index (χ3v) is 2.42. The first-order valence-electron chi connectivity index (χ1n) is 5.59. The van der Waals surface area contributed by atoms with Gasteiger partial charge in [-0.2, -0.15) is 9.97 Å². The molecule has 0 aromatic carbocycles. The molecule has 0 unspecified atom stereocenters. The van der Waals surface area contributed by atoms with Gasteiger partial charge in [-0.1, -0.05) is 6.92 Å². The van der Waals surface area contributed by atoms with Crippen molar-refractivity contribution in [3.8, 4) is 5.82 Å². The van der Waals surface area contributed by atoms with Gasteiger partial charge in [-0.25, -0.2) is 4.98 Å². The summed E-state index contributed by atoms with van der Waals surface area (Å²) in [5.41, 5.74) is 5.67. The highest BCUT2D eigenvalue weighted by Gasteiger charge is 2.07. The van der Waals surface area contributed by atoms with Crippen molar-refractivity contribution >= 4 is 11.8 Å². The van der Waals surface area contributed by atoms with Crippen molar-refractivity contribution in [2.45, 2.75) is 19.8 Å². The third-order valence-electron chi connectivity index (χ3n) is 2.42. The van der Waals surface area contributed by atoms with E-state index in [1.807, 2.05) is 16.8 Å². The molecule has 0 saturated carbocycles. The molecule has 2 aromatic heterocycles. The number of hydrogen-bond acceptors (Lipinski definition) is 5. The maximum atomic E-state index is 5.67. The largest absolute Gasteiger partial charge is 0.373 e. The number of nitrogens with two attached hydrogens (primary N) is 1. The Morgan fingerprint density at radius 1 is 1.41 bits per heavy atom. The number of nitrogens with one attached hydrogen (secondary N) is 1. The van der Waals surface area contributed by atoms with Crippen molar-refractivity contribution in [1.29, 1.82) is 0 Å². The molecule has 0 aliphatic heterocycles. The Kier molecular flexibility index (Phi) is 3.22. The van der Waals surface area contributed by atoms with Crippen LogP contribution in [-0.4, -0.2) is 26.6 Å². The highest BCUT2D eigenvalue weighted by atomic mass is 15.2. The summed E-state index contributed by atoms with van der Waals surface area (Å²) in [6.45, 7) is 2.12. The van der Waals surface area contributed by atoms with Crippen LogP contribution in [0.15, 0.2) is 18.5 Å². The summed E-state index contributed by atoms with van der Waals surface area (Å²) in [5, 5.41) is 2.96. The molecule has 0 spiro atoms. The van der Waals surface area contributed by atoms with Crippen molar-refractivity contribution in [3.63, 3.8) is 0 Å². The van der Waals surface area contributed by atoms with Crippen LogP contribution in [0.5, 0.6) is 0 Å². The fourth-order valence-electron chi connectivity index (χ4n) is 1.66. The van der Waals surface area contributed by atoms with E-state index in [1.165, 1.54) is 0 Å². The Bertz CT molecular complexity index is 504. The van der Waals surface area contributed by atoms with E-state index in [0.29, 0.717) is 5.82 Å². The monoisotopic (exact) mass is 232 g/mol. The molecule has 6 nitrogen and oxygen atoms in total. The van der Waals surface area contributed by atoms with Crippen LogP contribution in [0.3, 0.4) is 0 Å². The van der Waals surface area contributed by atoms with Gasteiger partial charge in [0.2, 0.25) is 5.95 Å². The number of nitrogen functional groups attached to an aromatic ring is 1. The molecule has 2 heterocycles. The normalized spacial score (nSPS) is 10.5. The summed E-state index contributed by atoms with van der Waals surface area (Å²) in [5.74, 6) is 2.67. The average molecular weight is 232 g/mol. The SMILES string of the molecule is CCCc1nccn1-c1cc(NC)nc(N)n1. The highest BCUT2D eigenvalue weighted by Crippen LogP contribution is 2.14. The molecule has 17 heavy (non-hydrogen) atoms. The van der Waals surface area contributed by atoms with Crippen LogP contribution in [0.1, 0.15) is 19.2 Å². The molecule has 0 saturated heterocycles. The number of aryl methyl sites for hydroxylation is 1. The lowest BCUT2D eigenvalue weighted by Gasteiger charge is -2.08. The number of nitrogens with zero attached hydrogens (tertiary/aromatic N) is 4. The first-order valence-corrected chi connectivity index (χ1v) is 5.59. The van der Waals surface area contributed by atoms with Crippen molar-refractivity contribution in [3.05, 3.63) is 24.3 Å². The molecule has 2 rings (SSSR count). The molecule has 0 aliphatic rings. The van der Waals surface area contributed by atoms with Gasteiger partial charge in [-0.15, -0.1) is 0 Å². The summed E-state index contributed by atoms with van der Waals surface area (Å²) >= 11 is 0. The van der Waals surface area contributed by atoms with Gasteiger partial charge in [0.05, 0.1) is 0 Å². The molecule has 0 bridgehead atoms. The molecule has 0 atom stereocenters. The van der Waals surface area contributed by atoms with E-state index in [-0.39, 0.29) is 5.95 Å². The zero-order chi connectivity index (χ0) is 12.3. The zero-order valence-corrected chi connectivity index (χ0v) is 10.0. The maximum absolute atomic E-state index is 5.67. The minimum absolute atomic E-state index is 0.253. The van der Waals surface area contributed by atoms with Crippen LogP contribution < -0.4 is 11.1 Å². The summed E-state index contributed by atoms with van der Waals surface area (Å²) < 4.78 is 1.93. The van der Waals surface area contributed by atoms with E-state index in [0.717, 1.165) is 24.5 Å². The van der Waals surface area contributed by atoms with Gasteiger partial charge in [-0.05, 0) is 6.42 Å². The van der Waals surface area contributed by atoms with Crippen LogP contribution in [-0.2, 0) is 6.42 Å². The number of rotatable bonds is 4. The number of hydrogen-bond donors (Lipinski definition) is 2. The minimum atomic E-state index is 0.253. The molecule has 0 amide bonds. The Labute approximate surface area is 99.9 Å². The minimum Gasteiger partial charge on any atom is -0.373 e. The highest BCUT2D eigenvalue weighted by molar-refractivity contribution is 5.45. The maximum Gasteiger partial charge on any atom is 0.223 e. The molecule has 2 aromatic rings. The predicted octanol–water partition coefficient (Wildman–Crippen LogP) is 1.24. The second kappa shape index (κ2) is 4.82. The number of aromatic nitrogens is 4. The topological polar surface area (TPSA) is 81.7 Å². The van der Waals surface area contributed by atoms with E-state index in [2.05, 4.69) is 27.2 Å². The second-order valence-electron chi connectivity index (χ2n) is 3.68. The predicted molar refractivity (Wildman–Crippen MR) is 67.1 cm³/mol. The van der Waals surface area contributed by atoms with Gasteiger partial charge in [0.1, 0.15) is 17.5 Å². The van der Waals surface area contributed by atoms with Gasteiger partial charge in [-0.3, -0.25) is 4.57 Å². The lowest BCUT2D eigenvalue weighted by atomic mass is 10.3. The van der Waals surface area contributed by atoms with Gasteiger partial charge < -0.3 is 11.1 Å². The molecule has 3 N–H and O–H groups in total. The molecule has 6 heteroatoms. The number of imidazole rings is 1. The Morgan fingerprint density at radius 2 is 2.24 bits per heavy atom. The second-order valence-corrected chi connectivity index (χ2v) is 3.68.